The first-order valence-electron chi connectivity index (χ1n) is 8.30. The SMILES string of the molecule is CN=C(NCCCCCCC(=O)OC)N(C)Cc1cccc(Cl)c1.I. The highest BCUT2D eigenvalue weighted by Crippen LogP contribution is 2.12. The Morgan fingerprint density at radius 2 is 2.00 bits per heavy atom. The number of hydrogen-bond donors (Lipinski definition) is 1. The van der Waals surface area contributed by atoms with Gasteiger partial charge in [0.1, 0.15) is 0 Å². The fourth-order valence-electron chi connectivity index (χ4n) is 2.42. The maximum atomic E-state index is 11.0. The van der Waals surface area contributed by atoms with Crippen LogP contribution in [-0.2, 0) is 16.1 Å². The number of unbranched alkanes of at least 4 members (excludes halogenated alkanes) is 3. The van der Waals surface area contributed by atoms with Gasteiger partial charge in [-0.3, -0.25) is 9.79 Å². The van der Waals surface area contributed by atoms with Gasteiger partial charge in [0, 0.05) is 38.6 Å². The van der Waals surface area contributed by atoms with Crippen LogP contribution in [0.4, 0.5) is 0 Å². The molecule has 0 aliphatic heterocycles. The smallest absolute Gasteiger partial charge is 0.305 e. The molecule has 0 bridgehead atoms. The quantitative estimate of drug-likeness (QED) is 0.190. The van der Waals surface area contributed by atoms with Crippen molar-refractivity contribution >= 4 is 47.5 Å². The van der Waals surface area contributed by atoms with Crippen molar-refractivity contribution in [3.05, 3.63) is 34.9 Å². The molecule has 25 heavy (non-hydrogen) atoms. The number of guanidine groups is 1. The number of benzene rings is 1. The third-order valence-electron chi connectivity index (χ3n) is 3.70. The molecule has 0 spiro atoms. The van der Waals surface area contributed by atoms with Crippen LogP contribution in [0.3, 0.4) is 0 Å². The summed E-state index contributed by atoms with van der Waals surface area (Å²) < 4.78 is 4.63. The number of nitrogens with zero attached hydrogens (tertiary/aromatic N) is 2. The summed E-state index contributed by atoms with van der Waals surface area (Å²) in [4.78, 5) is 17.4. The van der Waals surface area contributed by atoms with Crippen LogP contribution in [0.15, 0.2) is 29.3 Å². The lowest BCUT2D eigenvalue weighted by Crippen LogP contribution is -2.38. The van der Waals surface area contributed by atoms with E-state index in [9.17, 15) is 4.79 Å². The average molecular weight is 482 g/mol. The summed E-state index contributed by atoms with van der Waals surface area (Å²) in [7, 11) is 5.22. The second-order valence-corrected chi connectivity index (χ2v) is 6.14. The van der Waals surface area contributed by atoms with Crippen molar-refractivity contribution in [1.29, 1.82) is 0 Å². The first-order chi connectivity index (χ1) is 11.6. The van der Waals surface area contributed by atoms with Crippen LogP contribution in [0.25, 0.3) is 0 Å². The minimum absolute atomic E-state index is 0. The highest BCUT2D eigenvalue weighted by Gasteiger charge is 2.06. The van der Waals surface area contributed by atoms with Gasteiger partial charge in [-0.1, -0.05) is 36.6 Å². The Morgan fingerprint density at radius 3 is 2.64 bits per heavy atom. The Kier molecular flexibility index (Phi) is 13.6. The number of nitrogens with one attached hydrogen (secondary N) is 1. The Balaban J connectivity index is 0.00000576. The number of aliphatic imine (C=N–C) groups is 1. The molecule has 1 rings (SSSR count). The molecule has 142 valence electrons. The van der Waals surface area contributed by atoms with Gasteiger partial charge in [-0.05, 0) is 30.5 Å². The molecule has 0 aromatic heterocycles. The maximum Gasteiger partial charge on any atom is 0.305 e. The third kappa shape index (κ3) is 10.5. The van der Waals surface area contributed by atoms with Gasteiger partial charge in [0.2, 0.25) is 0 Å². The lowest BCUT2D eigenvalue weighted by molar-refractivity contribution is -0.140. The molecule has 0 saturated carbocycles. The lowest BCUT2D eigenvalue weighted by atomic mass is 10.1. The predicted molar refractivity (Wildman–Crippen MR) is 115 cm³/mol. The van der Waals surface area contributed by atoms with Crippen molar-refractivity contribution in [3.63, 3.8) is 0 Å². The highest BCUT2D eigenvalue weighted by molar-refractivity contribution is 14.0. The van der Waals surface area contributed by atoms with E-state index in [-0.39, 0.29) is 29.9 Å². The third-order valence-corrected chi connectivity index (χ3v) is 3.94. The van der Waals surface area contributed by atoms with Crippen LogP contribution in [0.2, 0.25) is 5.02 Å². The van der Waals surface area contributed by atoms with E-state index in [1.54, 1.807) is 7.05 Å². The maximum absolute atomic E-state index is 11.0. The van der Waals surface area contributed by atoms with Gasteiger partial charge in [-0.15, -0.1) is 24.0 Å². The summed E-state index contributed by atoms with van der Waals surface area (Å²) in [5.74, 6) is 0.737. The zero-order valence-corrected chi connectivity index (χ0v) is 18.3. The molecule has 0 amide bonds. The van der Waals surface area contributed by atoms with Crippen LogP contribution in [-0.4, -0.2) is 44.6 Å². The number of ether oxygens (including phenoxy) is 1. The van der Waals surface area contributed by atoms with Gasteiger partial charge >= 0.3 is 5.97 Å². The number of esters is 1. The molecular weight excluding hydrogens is 453 g/mol. The van der Waals surface area contributed by atoms with Gasteiger partial charge < -0.3 is 15.0 Å². The fourth-order valence-corrected chi connectivity index (χ4v) is 2.63. The van der Waals surface area contributed by atoms with E-state index in [0.29, 0.717) is 6.42 Å². The number of methoxy groups -OCH3 is 1. The lowest BCUT2D eigenvalue weighted by Gasteiger charge is -2.22. The summed E-state index contributed by atoms with van der Waals surface area (Å²) >= 11 is 6.02. The number of carbonyl (C=O) groups is 1. The molecule has 1 aromatic carbocycles. The zero-order valence-electron chi connectivity index (χ0n) is 15.3. The molecule has 0 radical (unpaired) electrons. The number of halogens is 2. The monoisotopic (exact) mass is 481 g/mol. The Labute approximate surface area is 173 Å². The van der Waals surface area contributed by atoms with E-state index >= 15 is 0 Å². The van der Waals surface area contributed by atoms with Crippen LogP contribution in [0.1, 0.15) is 37.7 Å². The fraction of sp³-hybridized carbons (Fsp3) is 0.556. The van der Waals surface area contributed by atoms with Crippen molar-refractivity contribution in [1.82, 2.24) is 10.2 Å². The number of rotatable bonds is 9. The summed E-state index contributed by atoms with van der Waals surface area (Å²) in [6.45, 7) is 1.62. The van der Waals surface area contributed by atoms with Gasteiger partial charge in [0.25, 0.3) is 0 Å². The summed E-state index contributed by atoms with van der Waals surface area (Å²) in [6.07, 6.45) is 4.56. The van der Waals surface area contributed by atoms with Crippen molar-refractivity contribution in [3.8, 4) is 0 Å². The summed E-state index contributed by atoms with van der Waals surface area (Å²) in [5.41, 5.74) is 1.15. The van der Waals surface area contributed by atoms with E-state index in [1.165, 1.54) is 7.11 Å². The Bertz CT molecular complexity index is 541. The van der Waals surface area contributed by atoms with E-state index < -0.39 is 0 Å². The standard InChI is InChI=1S/C18H28ClN3O2.HI/c1-20-18(21-12-7-5-4-6-11-17(23)24-3)22(2)14-15-9-8-10-16(19)13-15;/h8-10,13H,4-7,11-12,14H2,1-3H3,(H,20,21);1H. The normalized spacial score (nSPS) is 10.8. The molecule has 0 aliphatic rings. The highest BCUT2D eigenvalue weighted by atomic mass is 127. The minimum Gasteiger partial charge on any atom is -0.469 e. The molecule has 0 heterocycles. The summed E-state index contributed by atoms with van der Waals surface area (Å²) in [5, 5.41) is 4.11. The second-order valence-electron chi connectivity index (χ2n) is 5.70. The molecule has 0 unspecified atom stereocenters. The molecule has 0 saturated heterocycles. The predicted octanol–water partition coefficient (Wildman–Crippen LogP) is 4.09. The molecule has 0 aliphatic carbocycles. The molecule has 5 nitrogen and oxygen atoms in total. The van der Waals surface area contributed by atoms with E-state index in [2.05, 4.69) is 26.0 Å². The van der Waals surface area contributed by atoms with Crippen LogP contribution >= 0.6 is 35.6 Å². The first-order valence-corrected chi connectivity index (χ1v) is 8.67. The Morgan fingerprint density at radius 1 is 1.28 bits per heavy atom. The van der Waals surface area contributed by atoms with E-state index in [1.807, 2.05) is 25.2 Å². The van der Waals surface area contributed by atoms with Gasteiger partial charge in [-0.2, -0.15) is 0 Å². The molecule has 0 atom stereocenters. The largest absolute Gasteiger partial charge is 0.469 e. The van der Waals surface area contributed by atoms with E-state index in [0.717, 1.165) is 55.3 Å². The molecule has 1 N–H and O–H groups in total. The number of hydrogen-bond acceptors (Lipinski definition) is 3. The first kappa shape index (κ1) is 24.0. The molecule has 7 heteroatoms. The molecule has 0 fully saturated rings. The minimum atomic E-state index is -0.129. The van der Waals surface area contributed by atoms with Crippen LogP contribution < -0.4 is 5.32 Å². The molecule has 1 aromatic rings. The topological polar surface area (TPSA) is 53.9 Å². The Hall–Kier alpha value is -1.02. The molecular formula is C18H29ClIN3O2. The second kappa shape index (κ2) is 14.2. The number of carbonyl (C=O) groups excluding carboxylic acids is 1. The van der Waals surface area contributed by atoms with Gasteiger partial charge in [0.05, 0.1) is 7.11 Å². The van der Waals surface area contributed by atoms with Crippen LogP contribution in [0, 0.1) is 0 Å². The summed E-state index contributed by atoms with van der Waals surface area (Å²) in [6, 6.07) is 7.85. The van der Waals surface area contributed by atoms with Crippen molar-refractivity contribution in [2.75, 3.05) is 27.7 Å². The van der Waals surface area contributed by atoms with Gasteiger partial charge in [-0.25, -0.2) is 0 Å². The van der Waals surface area contributed by atoms with Gasteiger partial charge in [0.15, 0.2) is 5.96 Å². The zero-order chi connectivity index (χ0) is 17.8. The average Bonchev–Trinajstić information content (AvgIpc) is 2.57. The van der Waals surface area contributed by atoms with E-state index in [4.69, 9.17) is 11.6 Å². The van der Waals surface area contributed by atoms with Crippen LogP contribution in [0.5, 0.6) is 0 Å². The van der Waals surface area contributed by atoms with Crippen molar-refractivity contribution < 1.29 is 9.53 Å². The van der Waals surface area contributed by atoms with Crippen molar-refractivity contribution in [2.45, 2.75) is 38.6 Å². The van der Waals surface area contributed by atoms with Crippen molar-refractivity contribution in [2.24, 2.45) is 4.99 Å².